The zero-order valence-electron chi connectivity index (χ0n) is 28.0. The molecule has 256 valence electrons. The number of esters is 1. The highest BCUT2D eigenvalue weighted by Crippen LogP contribution is 2.41. The van der Waals surface area contributed by atoms with Crippen molar-refractivity contribution >= 4 is 57.7 Å². The molecular weight excluding hydrogens is 663 g/mol. The van der Waals surface area contributed by atoms with Gasteiger partial charge >= 0.3 is 12.1 Å². The quantitative estimate of drug-likeness (QED) is 0.126. The Morgan fingerprint density at radius 1 is 0.959 bits per heavy atom. The van der Waals surface area contributed by atoms with Crippen LogP contribution in [0.3, 0.4) is 0 Å². The van der Waals surface area contributed by atoms with E-state index < -0.39 is 22.9 Å². The van der Waals surface area contributed by atoms with Gasteiger partial charge in [-0.15, -0.1) is 23.1 Å². The molecule has 0 bridgehead atoms. The Labute approximate surface area is 294 Å². The molecule has 0 saturated carbocycles. The number of benzene rings is 3. The fourth-order valence-corrected chi connectivity index (χ4v) is 7.56. The zero-order chi connectivity index (χ0) is 35.1. The largest absolute Gasteiger partial charge is 0.497 e. The molecule has 1 aliphatic heterocycles. The monoisotopic (exact) mass is 701 g/mol. The Bertz CT molecular complexity index is 1840. The fourth-order valence-electron chi connectivity index (χ4n) is 5.22. The number of nitrogens with zero attached hydrogens (tertiary/aromatic N) is 1. The van der Waals surface area contributed by atoms with Crippen molar-refractivity contribution < 1.29 is 33.4 Å². The Morgan fingerprint density at radius 3 is 2.43 bits per heavy atom. The number of fused-ring (bicyclic) bond motifs is 1. The second-order valence-electron chi connectivity index (χ2n) is 12.2. The molecule has 0 fully saturated rings. The Hall–Kier alpha value is -4.81. The van der Waals surface area contributed by atoms with E-state index in [4.69, 9.17) is 14.2 Å². The molecule has 3 aromatic carbocycles. The highest BCUT2D eigenvalue weighted by molar-refractivity contribution is 8.00. The van der Waals surface area contributed by atoms with E-state index in [0.29, 0.717) is 40.5 Å². The van der Waals surface area contributed by atoms with Gasteiger partial charge in [0.05, 0.1) is 25.8 Å². The molecule has 0 spiro atoms. The van der Waals surface area contributed by atoms with Gasteiger partial charge in [0, 0.05) is 27.6 Å². The van der Waals surface area contributed by atoms with Gasteiger partial charge in [-0.1, -0.05) is 42.5 Å². The van der Waals surface area contributed by atoms with Crippen LogP contribution in [0.4, 0.5) is 15.5 Å². The highest BCUT2D eigenvalue weighted by Gasteiger charge is 2.34. The Morgan fingerprint density at radius 2 is 1.71 bits per heavy atom. The molecule has 5 rings (SSSR count). The van der Waals surface area contributed by atoms with Crippen LogP contribution in [0.25, 0.3) is 0 Å². The van der Waals surface area contributed by atoms with Crippen LogP contribution < -0.4 is 15.4 Å². The summed E-state index contributed by atoms with van der Waals surface area (Å²) >= 11 is 2.58. The van der Waals surface area contributed by atoms with Gasteiger partial charge in [-0.05, 0) is 81.6 Å². The van der Waals surface area contributed by atoms with Crippen molar-refractivity contribution in [2.75, 3.05) is 30.9 Å². The maximum atomic E-state index is 14.2. The first-order chi connectivity index (χ1) is 23.5. The molecule has 1 aliphatic rings. The van der Waals surface area contributed by atoms with Crippen LogP contribution in [0.2, 0.25) is 0 Å². The van der Waals surface area contributed by atoms with Crippen molar-refractivity contribution in [3.63, 3.8) is 0 Å². The van der Waals surface area contributed by atoms with Crippen LogP contribution in [0.1, 0.15) is 69.7 Å². The number of nitrogens with one attached hydrogen (secondary N) is 2. The number of carbonyl (C=O) groups excluding carboxylic acids is 4. The van der Waals surface area contributed by atoms with Crippen molar-refractivity contribution in [1.82, 2.24) is 4.90 Å². The number of rotatable bonds is 10. The van der Waals surface area contributed by atoms with Gasteiger partial charge in [0.1, 0.15) is 21.6 Å². The minimum absolute atomic E-state index is 0.175. The number of carbonyl (C=O) groups is 4. The van der Waals surface area contributed by atoms with Gasteiger partial charge in [0.25, 0.3) is 5.91 Å². The lowest BCUT2D eigenvalue weighted by Crippen LogP contribution is -2.39. The molecule has 4 aromatic rings. The average molecular weight is 702 g/mol. The third-order valence-electron chi connectivity index (χ3n) is 7.44. The predicted molar refractivity (Wildman–Crippen MR) is 192 cm³/mol. The van der Waals surface area contributed by atoms with E-state index >= 15 is 0 Å². The number of methoxy groups -OCH3 is 1. The molecule has 49 heavy (non-hydrogen) atoms. The van der Waals surface area contributed by atoms with E-state index in [1.807, 2.05) is 69.3 Å². The Kier molecular flexibility index (Phi) is 11.3. The molecule has 1 unspecified atom stereocenters. The number of ether oxygens (including phenoxy) is 3. The third kappa shape index (κ3) is 9.01. The molecule has 1 atom stereocenters. The first-order valence-electron chi connectivity index (χ1n) is 15.8. The van der Waals surface area contributed by atoms with Crippen molar-refractivity contribution in [1.29, 1.82) is 0 Å². The SMILES string of the molecule is CCOC(=O)c1c(NC(=O)C(Sc2cccc(NC(=O)c3cccc(OC)c3)c2)c2ccccc2)sc2c1CCN(C(=O)OC(C)(C)C)C2. The predicted octanol–water partition coefficient (Wildman–Crippen LogP) is 7.95. The zero-order valence-corrected chi connectivity index (χ0v) is 29.7. The molecule has 0 radical (unpaired) electrons. The van der Waals surface area contributed by atoms with E-state index in [1.54, 1.807) is 49.3 Å². The lowest BCUT2D eigenvalue weighted by molar-refractivity contribution is -0.115. The van der Waals surface area contributed by atoms with Gasteiger partial charge in [-0.3, -0.25) is 9.59 Å². The number of anilines is 2. The van der Waals surface area contributed by atoms with Gasteiger partial charge in [0.2, 0.25) is 5.91 Å². The van der Waals surface area contributed by atoms with E-state index in [1.165, 1.54) is 23.1 Å². The number of amides is 3. The summed E-state index contributed by atoms with van der Waals surface area (Å²) in [7, 11) is 1.54. The van der Waals surface area contributed by atoms with Crippen LogP contribution >= 0.6 is 23.1 Å². The highest BCUT2D eigenvalue weighted by atomic mass is 32.2. The molecule has 0 saturated heterocycles. The number of hydrogen-bond donors (Lipinski definition) is 2. The fraction of sp³-hybridized carbons (Fsp3) is 0.297. The van der Waals surface area contributed by atoms with E-state index in [2.05, 4.69) is 10.6 Å². The third-order valence-corrected chi connectivity index (χ3v) is 9.82. The summed E-state index contributed by atoms with van der Waals surface area (Å²) in [5, 5.41) is 5.61. The molecular formula is C37H39N3O7S2. The lowest BCUT2D eigenvalue weighted by Gasteiger charge is -2.30. The van der Waals surface area contributed by atoms with E-state index in [-0.39, 0.29) is 25.0 Å². The van der Waals surface area contributed by atoms with E-state index in [0.717, 1.165) is 20.9 Å². The maximum Gasteiger partial charge on any atom is 0.410 e. The van der Waals surface area contributed by atoms with Gasteiger partial charge in [-0.2, -0.15) is 0 Å². The second-order valence-corrected chi connectivity index (χ2v) is 14.5. The summed E-state index contributed by atoms with van der Waals surface area (Å²) in [4.78, 5) is 56.4. The maximum absolute atomic E-state index is 14.2. The first kappa shape index (κ1) is 35.5. The topological polar surface area (TPSA) is 123 Å². The standard InChI is InChI=1S/C37H39N3O7S2/c1-6-46-35(43)30-28-18-19-40(36(44)47-37(2,3)4)22-29(28)49-34(30)39-33(42)31(23-12-8-7-9-13-23)48-27-17-11-15-25(21-27)38-32(41)24-14-10-16-26(20-24)45-5/h7-17,20-21,31H,6,18-19,22H2,1-5H3,(H,38,41)(H,39,42). The molecule has 0 aliphatic carbocycles. The Balaban J connectivity index is 1.40. The normalized spacial score (nSPS) is 13.1. The molecule has 2 heterocycles. The number of thiophene rings is 1. The van der Waals surface area contributed by atoms with Gasteiger partial charge in [0.15, 0.2) is 0 Å². The van der Waals surface area contributed by atoms with Crippen molar-refractivity contribution in [2.24, 2.45) is 0 Å². The summed E-state index contributed by atoms with van der Waals surface area (Å²) in [6, 6.07) is 23.5. The second kappa shape index (κ2) is 15.6. The minimum Gasteiger partial charge on any atom is -0.497 e. The summed E-state index contributed by atoms with van der Waals surface area (Å²) in [5.74, 6) is -0.580. The van der Waals surface area contributed by atoms with Crippen LogP contribution in [0.15, 0.2) is 83.8 Å². The van der Waals surface area contributed by atoms with Crippen molar-refractivity contribution in [2.45, 2.75) is 56.4 Å². The number of hydrogen-bond acceptors (Lipinski definition) is 9. The smallest absolute Gasteiger partial charge is 0.410 e. The summed E-state index contributed by atoms with van der Waals surface area (Å²) < 4.78 is 16.2. The van der Waals surface area contributed by atoms with Crippen LogP contribution in [-0.4, -0.2) is 54.6 Å². The van der Waals surface area contributed by atoms with Crippen molar-refractivity contribution in [3.05, 3.63) is 106 Å². The van der Waals surface area contributed by atoms with Crippen molar-refractivity contribution in [3.8, 4) is 5.75 Å². The lowest BCUT2D eigenvalue weighted by atomic mass is 10.0. The summed E-state index contributed by atoms with van der Waals surface area (Å²) in [6.45, 7) is 7.96. The first-order valence-corrected chi connectivity index (χ1v) is 17.5. The molecule has 2 N–H and O–H groups in total. The van der Waals surface area contributed by atoms with Gasteiger partial charge in [-0.25, -0.2) is 9.59 Å². The molecule has 10 nitrogen and oxygen atoms in total. The van der Waals surface area contributed by atoms with Crippen LogP contribution in [0.5, 0.6) is 5.75 Å². The molecule has 1 aromatic heterocycles. The summed E-state index contributed by atoms with van der Waals surface area (Å²) in [5.41, 5.74) is 2.21. The van der Waals surface area contributed by atoms with E-state index in [9.17, 15) is 19.2 Å². The molecule has 12 heteroatoms. The summed E-state index contributed by atoms with van der Waals surface area (Å²) in [6.07, 6.45) is -0.0162. The van der Waals surface area contributed by atoms with Gasteiger partial charge < -0.3 is 29.7 Å². The molecule has 3 amide bonds. The average Bonchev–Trinajstić information content (AvgIpc) is 3.44. The minimum atomic E-state index is -0.710. The van der Waals surface area contributed by atoms with Crippen LogP contribution in [0, 0.1) is 0 Å². The van der Waals surface area contributed by atoms with Crippen LogP contribution in [-0.2, 0) is 27.2 Å². The number of thioether (sulfide) groups is 1.